The van der Waals surface area contributed by atoms with Crippen molar-refractivity contribution in [2.45, 2.75) is 19.8 Å². The fourth-order valence-electron chi connectivity index (χ4n) is 0.712. The van der Waals surface area contributed by atoms with Crippen molar-refractivity contribution in [2.24, 2.45) is 0 Å². The summed E-state index contributed by atoms with van der Waals surface area (Å²) in [5, 5.41) is 11.1. The lowest BCUT2D eigenvalue weighted by molar-refractivity contribution is 0.0562. The molecule has 0 aliphatic carbocycles. The summed E-state index contributed by atoms with van der Waals surface area (Å²) in [6.07, 6.45) is 1.48. The number of alkyl carbamates (subject to hydrolysis) is 1. The lowest BCUT2D eigenvalue weighted by atomic mass is 10.3. The molecule has 0 saturated carbocycles. The topological polar surface area (TPSA) is 67.8 Å². The zero-order chi connectivity index (χ0) is 10.8. The Morgan fingerprint density at radius 2 is 2.07 bits per heavy atom. The molecule has 0 spiro atoms. The second-order valence-electron chi connectivity index (χ2n) is 2.66. The number of ether oxygens (including phenoxy) is 2. The maximum absolute atomic E-state index is 10.9. The van der Waals surface area contributed by atoms with Crippen LogP contribution in [0.2, 0.25) is 0 Å². The van der Waals surface area contributed by atoms with Gasteiger partial charge in [0, 0.05) is 6.54 Å². The van der Waals surface area contributed by atoms with Crippen LogP contribution in [0.25, 0.3) is 0 Å². The van der Waals surface area contributed by atoms with Gasteiger partial charge < -0.3 is 19.9 Å². The molecule has 0 rings (SSSR count). The van der Waals surface area contributed by atoms with Gasteiger partial charge in [-0.15, -0.1) is 0 Å². The van der Waals surface area contributed by atoms with Gasteiger partial charge in [-0.2, -0.15) is 0 Å². The zero-order valence-electron chi connectivity index (χ0n) is 8.41. The normalized spacial score (nSPS) is 9.21. The molecule has 0 aromatic carbocycles. The van der Waals surface area contributed by atoms with Gasteiger partial charge in [0.1, 0.15) is 13.2 Å². The number of aliphatic hydroxyl groups excluding tert-OH is 1. The number of carbonyl (C=O) groups excluding carboxylic acids is 1. The fourth-order valence-corrected chi connectivity index (χ4v) is 0.712. The standard InChI is InChI=1S/C9H17NO4/c1-3-4-5-10-9(12)14-7-6-13-8(2)11/h11H,2-7H2,1H3,(H,10,12). The first-order chi connectivity index (χ1) is 6.66. The van der Waals surface area contributed by atoms with Crippen molar-refractivity contribution < 1.29 is 19.4 Å². The highest BCUT2D eigenvalue weighted by Crippen LogP contribution is 1.87. The molecule has 2 N–H and O–H groups in total. The van der Waals surface area contributed by atoms with Crippen LogP contribution in [-0.4, -0.2) is 31.0 Å². The molecule has 0 radical (unpaired) electrons. The molecule has 0 saturated heterocycles. The Kier molecular flexibility index (Phi) is 7.40. The van der Waals surface area contributed by atoms with Crippen molar-refractivity contribution in [3.8, 4) is 0 Å². The molecule has 5 heteroatoms. The maximum Gasteiger partial charge on any atom is 0.407 e. The van der Waals surface area contributed by atoms with Crippen LogP contribution in [0.4, 0.5) is 4.79 Å². The van der Waals surface area contributed by atoms with E-state index in [0.717, 1.165) is 12.8 Å². The Hall–Kier alpha value is -1.39. The molecule has 0 aromatic rings. The van der Waals surface area contributed by atoms with E-state index in [9.17, 15) is 4.79 Å². The van der Waals surface area contributed by atoms with Crippen molar-refractivity contribution >= 4 is 6.09 Å². The molecule has 0 fully saturated rings. The quantitative estimate of drug-likeness (QED) is 0.486. The number of hydrogen-bond acceptors (Lipinski definition) is 4. The van der Waals surface area contributed by atoms with Gasteiger partial charge in [0.2, 0.25) is 0 Å². The van der Waals surface area contributed by atoms with Gasteiger partial charge in [-0.1, -0.05) is 13.3 Å². The number of carbonyl (C=O) groups is 1. The Morgan fingerprint density at radius 1 is 1.43 bits per heavy atom. The van der Waals surface area contributed by atoms with Gasteiger partial charge in [0.15, 0.2) is 0 Å². The summed E-state index contributed by atoms with van der Waals surface area (Å²) in [5.74, 6) is -0.375. The van der Waals surface area contributed by atoms with E-state index in [1.807, 2.05) is 6.92 Å². The largest absolute Gasteiger partial charge is 0.481 e. The van der Waals surface area contributed by atoms with E-state index < -0.39 is 6.09 Å². The molecule has 0 aliphatic heterocycles. The van der Waals surface area contributed by atoms with Crippen LogP contribution < -0.4 is 5.32 Å². The van der Waals surface area contributed by atoms with E-state index in [1.54, 1.807) is 0 Å². The Labute approximate surface area is 83.7 Å². The molecule has 0 aromatic heterocycles. The lowest BCUT2D eigenvalue weighted by Gasteiger charge is -2.06. The molecular weight excluding hydrogens is 186 g/mol. The molecule has 0 aliphatic rings. The van der Waals surface area contributed by atoms with Gasteiger partial charge in [-0.25, -0.2) is 4.79 Å². The number of nitrogens with one attached hydrogen (secondary N) is 1. The average Bonchev–Trinajstić information content (AvgIpc) is 2.13. The van der Waals surface area contributed by atoms with Crippen LogP contribution in [0.1, 0.15) is 19.8 Å². The molecule has 0 unspecified atom stereocenters. The predicted octanol–water partition coefficient (Wildman–Crippen LogP) is 1.56. The minimum Gasteiger partial charge on any atom is -0.481 e. The predicted molar refractivity (Wildman–Crippen MR) is 52.0 cm³/mol. The Morgan fingerprint density at radius 3 is 2.64 bits per heavy atom. The number of unbranched alkanes of at least 4 members (excludes halogenated alkanes) is 1. The first-order valence-electron chi connectivity index (χ1n) is 4.58. The summed E-state index contributed by atoms with van der Waals surface area (Å²) in [6, 6.07) is 0. The molecular formula is C9H17NO4. The minimum atomic E-state index is -0.467. The van der Waals surface area contributed by atoms with Crippen molar-refractivity contribution in [3.63, 3.8) is 0 Å². The lowest BCUT2D eigenvalue weighted by Crippen LogP contribution is -2.26. The SMILES string of the molecule is C=C(O)OCCOC(=O)NCCCC. The average molecular weight is 203 g/mol. The smallest absolute Gasteiger partial charge is 0.407 e. The van der Waals surface area contributed by atoms with Crippen LogP contribution in [-0.2, 0) is 9.47 Å². The number of rotatable bonds is 7. The van der Waals surface area contributed by atoms with Crippen molar-refractivity contribution in [3.05, 3.63) is 12.5 Å². The van der Waals surface area contributed by atoms with E-state index in [4.69, 9.17) is 9.84 Å². The van der Waals surface area contributed by atoms with Gasteiger partial charge in [-0.3, -0.25) is 0 Å². The summed E-state index contributed by atoms with van der Waals surface area (Å²) in [7, 11) is 0. The van der Waals surface area contributed by atoms with Crippen LogP contribution in [0, 0.1) is 0 Å². The molecule has 0 bridgehead atoms. The number of aliphatic hydroxyl groups is 1. The van der Waals surface area contributed by atoms with E-state index in [2.05, 4.69) is 16.6 Å². The van der Waals surface area contributed by atoms with Gasteiger partial charge >= 0.3 is 6.09 Å². The molecule has 14 heavy (non-hydrogen) atoms. The summed E-state index contributed by atoms with van der Waals surface area (Å²) in [4.78, 5) is 10.9. The highest BCUT2D eigenvalue weighted by atomic mass is 16.6. The number of amides is 1. The Bertz CT molecular complexity index is 182. The van der Waals surface area contributed by atoms with E-state index in [-0.39, 0.29) is 19.2 Å². The second kappa shape index (κ2) is 8.22. The van der Waals surface area contributed by atoms with Gasteiger partial charge in [-0.05, 0) is 13.0 Å². The van der Waals surface area contributed by atoms with Crippen LogP contribution >= 0.6 is 0 Å². The highest BCUT2D eigenvalue weighted by molar-refractivity contribution is 5.66. The summed E-state index contributed by atoms with van der Waals surface area (Å²) >= 11 is 0. The van der Waals surface area contributed by atoms with Crippen LogP contribution in [0.3, 0.4) is 0 Å². The summed E-state index contributed by atoms with van der Waals surface area (Å²) in [5.41, 5.74) is 0. The van der Waals surface area contributed by atoms with Crippen molar-refractivity contribution in [2.75, 3.05) is 19.8 Å². The third-order valence-corrected chi connectivity index (χ3v) is 1.38. The molecule has 82 valence electrons. The maximum atomic E-state index is 10.9. The molecule has 0 heterocycles. The summed E-state index contributed by atoms with van der Waals surface area (Å²) in [6.45, 7) is 5.96. The third kappa shape index (κ3) is 8.70. The Balaban J connectivity index is 3.22. The van der Waals surface area contributed by atoms with Crippen LogP contribution in [0.15, 0.2) is 12.5 Å². The number of hydrogen-bond donors (Lipinski definition) is 2. The molecule has 1 amide bonds. The molecule has 0 atom stereocenters. The van der Waals surface area contributed by atoms with Crippen molar-refractivity contribution in [1.82, 2.24) is 5.32 Å². The van der Waals surface area contributed by atoms with E-state index in [1.165, 1.54) is 0 Å². The highest BCUT2D eigenvalue weighted by Gasteiger charge is 1.99. The third-order valence-electron chi connectivity index (χ3n) is 1.38. The van der Waals surface area contributed by atoms with E-state index >= 15 is 0 Å². The minimum absolute atomic E-state index is 0.0948. The van der Waals surface area contributed by atoms with Gasteiger partial charge in [0.05, 0.1) is 0 Å². The monoisotopic (exact) mass is 203 g/mol. The fraction of sp³-hybridized carbons (Fsp3) is 0.667. The second-order valence-corrected chi connectivity index (χ2v) is 2.66. The first kappa shape index (κ1) is 12.6. The summed E-state index contributed by atoms with van der Waals surface area (Å²) < 4.78 is 9.29. The zero-order valence-corrected chi connectivity index (χ0v) is 8.41. The van der Waals surface area contributed by atoms with E-state index in [0.29, 0.717) is 6.54 Å². The van der Waals surface area contributed by atoms with Crippen LogP contribution in [0.5, 0.6) is 0 Å². The molecule has 5 nitrogen and oxygen atoms in total. The van der Waals surface area contributed by atoms with Crippen molar-refractivity contribution in [1.29, 1.82) is 0 Å². The van der Waals surface area contributed by atoms with Gasteiger partial charge in [0.25, 0.3) is 5.95 Å². The first-order valence-corrected chi connectivity index (χ1v) is 4.58.